The first kappa shape index (κ1) is 18.2. The molecule has 0 atom stereocenters. The molecule has 4 aromatic rings. The summed E-state index contributed by atoms with van der Waals surface area (Å²) in [5, 5.41) is 4.91. The summed E-state index contributed by atoms with van der Waals surface area (Å²) < 4.78 is 9.34. The Morgan fingerprint density at radius 2 is 1.93 bits per heavy atom. The standard InChI is InChI=1S/C24H22N4O2/c1-17-7-9-22(18(2)14-17)28-24(26-11-3-4-12-26)20-15-27(16-21(20)25-28)23(29)10-8-19-6-5-13-30-19/h3-14H,15-16H2,1-2H3/b10-8+. The van der Waals surface area contributed by atoms with Gasteiger partial charge in [0.2, 0.25) is 5.91 Å². The number of nitrogens with zero attached hydrogens (tertiary/aromatic N) is 4. The summed E-state index contributed by atoms with van der Waals surface area (Å²) >= 11 is 0. The third kappa shape index (κ3) is 3.16. The molecule has 0 radical (unpaired) electrons. The van der Waals surface area contributed by atoms with Gasteiger partial charge in [0.15, 0.2) is 0 Å². The van der Waals surface area contributed by atoms with E-state index >= 15 is 0 Å². The van der Waals surface area contributed by atoms with E-state index in [1.165, 1.54) is 11.1 Å². The minimum atomic E-state index is -0.0547. The molecule has 1 aromatic carbocycles. The number of rotatable bonds is 4. The van der Waals surface area contributed by atoms with Crippen molar-refractivity contribution in [2.45, 2.75) is 26.9 Å². The fourth-order valence-corrected chi connectivity index (χ4v) is 3.95. The molecule has 0 unspecified atom stereocenters. The molecule has 0 N–H and O–H groups in total. The number of hydrogen-bond acceptors (Lipinski definition) is 3. The molecular weight excluding hydrogens is 376 g/mol. The summed E-state index contributed by atoms with van der Waals surface area (Å²) in [5.41, 5.74) is 5.44. The van der Waals surface area contributed by atoms with Crippen LogP contribution >= 0.6 is 0 Å². The molecule has 6 nitrogen and oxygen atoms in total. The first-order valence-corrected chi connectivity index (χ1v) is 9.92. The van der Waals surface area contributed by atoms with Gasteiger partial charge in [-0.05, 0) is 55.8 Å². The highest BCUT2D eigenvalue weighted by molar-refractivity contribution is 5.91. The first-order valence-electron chi connectivity index (χ1n) is 9.92. The molecule has 150 valence electrons. The predicted molar refractivity (Wildman–Crippen MR) is 114 cm³/mol. The topological polar surface area (TPSA) is 56.2 Å². The van der Waals surface area contributed by atoms with Gasteiger partial charge in [-0.3, -0.25) is 4.79 Å². The Kier molecular flexibility index (Phi) is 4.39. The maximum Gasteiger partial charge on any atom is 0.247 e. The summed E-state index contributed by atoms with van der Waals surface area (Å²) in [7, 11) is 0. The normalized spacial score (nSPS) is 13.3. The SMILES string of the molecule is Cc1ccc(-n2nc3c(c2-n2cccc2)CN(C(=O)/C=C/c2ccco2)C3)c(C)c1. The van der Waals surface area contributed by atoms with E-state index < -0.39 is 0 Å². The predicted octanol–water partition coefficient (Wildman–Crippen LogP) is 4.43. The van der Waals surface area contributed by atoms with Crippen LogP contribution in [0.2, 0.25) is 0 Å². The minimum absolute atomic E-state index is 0.0547. The first-order chi connectivity index (χ1) is 14.6. The van der Waals surface area contributed by atoms with Gasteiger partial charge in [-0.1, -0.05) is 17.7 Å². The Bertz CT molecular complexity index is 1230. The lowest BCUT2D eigenvalue weighted by atomic mass is 10.1. The van der Waals surface area contributed by atoms with E-state index in [1.807, 2.05) is 35.3 Å². The lowest BCUT2D eigenvalue weighted by Gasteiger charge is -2.17. The number of aromatic nitrogens is 3. The van der Waals surface area contributed by atoms with Crippen molar-refractivity contribution in [2.24, 2.45) is 0 Å². The Morgan fingerprint density at radius 3 is 2.67 bits per heavy atom. The van der Waals surface area contributed by atoms with Crippen molar-refractivity contribution in [3.8, 4) is 11.5 Å². The number of furan rings is 1. The molecule has 3 aromatic heterocycles. The second kappa shape index (κ2) is 7.22. The quantitative estimate of drug-likeness (QED) is 0.478. The van der Waals surface area contributed by atoms with Gasteiger partial charge in [-0.15, -0.1) is 0 Å². The van der Waals surface area contributed by atoms with E-state index in [0.29, 0.717) is 18.8 Å². The van der Waals surface area contributed by atoms with Crippen LogP contribution in [-0.2, 0) is 17.9 Å². The molecule has 30 heavy (non-hydrogen) atoms. The van der Waals surface area contributed by atoms with E-state index in [9.17, 15) is 4.79 Å². The monoisotopic (exact) mass is 398 g/mol. The molecule has 1 amide bonds. The molecule has 0 fully saturated rings. The molecule has 0 bridgehead atoms. The van der Waals surface area contributed by atoms with Crippen molar-refractivity contribution >= 4 is 12.0 Å². The van der Waals surface area contributed by atoms with E-state index in [4.69, 9.17) is 9.52 Å². The zero-order valence-electron chi connectivity index (χ0n) is 16.9. The molecule has 4 heterocycles. The third-order valence-electron chi connectivity index (χ3n) is 5.40. The van der Waals surface area contributed by atoms with Gasteiger partial charge >= 0.3 is 0 Å². The highest BCUT2D eigenvalue weighted by Crippen LogP contribution is 2.31. The van der Waals surface area contributed by atoms with Crippen LogP contribution in [-0.4, -0.2) is 25.2 Å². The molecule has 5 rings (SSSR count). The number of benzene rings is 1. The molecule has 6 heteroatoms. The van der Waals surface area contributed by atoms with Crippen LogP contribution in [0.4, 0.5) is 0 Å². The number of fused-ring (bicyclic) bond motifs is 1. The highest BCUT2D eigenvalue weighted by atomic mass is 16.3. The Morgan fingerprint density at radius 1 is 1.10 bits per heavy atom. The second-order valence-electron chi connectivity index (χ2n) is 7.58. The van der Waals surface area contributed by atoms with E-state index in [-0.39, 0.29) is 5.91 Å². The molecule has 0 saturated heterocycles. The van der Waals surface area contributed by atoms with Gasteiger partial charge in [0.25, 0.3) is 0 Å². The number of carbonyl (C=O) groups is 1. The number of hydrogen-bond donors (Lipinski definition) is 0. The van der Waals surface area contributed by atoms with Crippen molar-refractivity contribution in [2.75, 3.05) is 0 Å². The van der Waals surface area contributed by atoms with Crippen molar-refractivity contribution in [3.63, 3.8) is 0 Å². The Balaban J connectivity index is 1.50. The van der Waals surface area contributed by atoms with Crippen LogP contribution in [0, 0.1) is 13.8 Å². The maximum atomic E-state index is 12.7. The zero-order valence-corrected chi connectivity index (χ0v) is 16.9. The second-order valence-corrected chi connectivity index (χ2v) is 7.58. The highest BCUT2D eigenvalue weighted by Gasteiger charge is 2.30. The smallest absolute Gasteiger partial charge is 0.247 e. The molecular formula is C24H22N4O2. The maximum absolute atomic E-state index is 12.7. The molecule has 0 aliphatic carbocycles. The van der Waals surface area contributed by atoms with E-state index in [1.54, 1.807) is 29.4 Å². The van der Waals surface area contributed by atoms with E-state index in [2.05, 4.69) is 36.6 Å². The summed E-state index contributed by atoms with van der Waals surface area (Å²) in [6.45, 7) is 5.20. The summed E-state index contributed by atoms with van der Waals surface area (Å²) in [6.07, 6.45) is 8.87. The average Bonchev–Trinajstić information content (AvgIpc) is 3.49. The van der Waals surface area contributed by atoms with Crippen LogP contribution in [0.15, 0.2) is 71.6 Å². The van der Waals surface area contributed by atoms with Crippen LogP contribution in [0.25, 0.3) is 17.6 Å². The van der Waals surface area contributed by atoms with Crippen LogP contribution < -0.4 is 0 Å². The molecule has 0 saturated carbocycles. The van der Waals surface area contributed by atoms with E-state index in [0.717, 1.165) is 22.8 Å². The van der Waals surface area contributed by atoms with Crippen LogP contribution in [0.5, 0.6) is 0 Å². The van der Waals surface area contributed by atoms with Crippen molar-refractivity contribution in [1.82, 2.24) is 19.2 Å². The van der Waals surface area contributed by atoms with Crippen molar-refractivity contribution < 1.29 is 9.21 Å². The minimum Gasteiger partial charge on any atom is -0.465 e. The van der Waals surface area contributed by atoms with Gasteiger partial charge in [-0.25, -0.2) is 4.68 Å². The third-order valence-corrected chi connectivity index (χ3v) is 5.40. The molecule has 1 aliphatic heterocycles. The van der Waals surface area contributed by atoms with Crippen molar-refractivity contribution in [3.05, 3.63) is 95.3 Å². The molecule has 0 spiro atoms. The lowest BCUT2D eigenvalue weighted by molar-refractivity contribution is -0.126. The van der Waals surface area contributed by atoms with Gasteiger partial charge in [0.05, 0.1) is 30.7 Å². The van der Waals surface area contributed by atoms with Gasteiger partial charge in [-0.2, -0.15) is 5.10 Å². The number of aryl methyl sites for hydroxylation is 2. The van der Waals surface area contributed by atoms with Gasteiger partial charge in [0, 0.05) is 24.0 Å². The van der Waals surface area contributed by atoms with Gasteiger partial charge < -0.3 is 13.9 Å². The zero-order chi connectivity index (χ0) is 20.7. The van der Waals surface area contributed by atoms with Crippen LogP contribution in [0.3, 0.4) is 0 Å². The summed E-state index contributed by atoms with van der Waals surface area (Å²) in [5.74, 6) is 1.58. The van der Waals surface area contributed by atoms with Crippen molar-refractivity contribution in [1.29, 1.82) is 0 Å². The summed E-state index contributed by atoms with van der Waals surface area (Å²) in [6, 6.07) is 14.0. The Labute approximate surface area is 174 Å². The lowest BCUT2D eigenvalue weighted by Crippen LogP contribution is -2.24. The van der Waals surface area contributed by atoms with Crippen LogP contribution in [0.1, 0.15) is 28.1 Å². The summed E-state index contributed by atoms with van der Waals surface area (Å²) in [4.78, 5) is 14.5. The van der Waals surface area contributed by atoms with Gasteiger partial charge in [0.1, 0.15) is 11.6 Å². The largest absolute Gasteiger partial charge is 0.465 e. The number of amides is 1. The number of carbonyl (C=O) groups excluding carboxylic acids is 1. The average molecular weight is 398 g/mol. The fraction of sp³-hybridized carbons (Fsp3) is 0.167. The molecule has 1 aliphatic rings. The Hall–Kier alpha value is -3.80. The fourth-order valence-electron chi connectivity index (χ4n) is 3.95.